The van der Waals surface area contributed by atoms with Crippen LogP contribution in [0.25, 0.3) is 6.08 Å². The van der Waals surface area contributed by atoms with Gasteiger partial charge in [-0.25, -0.2) is 9.80 Å². The molecule has 1 fully saturated rings. The van der Waals surface area contributed by atoms with Crippen molar-refractivity contribution >= 4 is 46.7 Å². The van der Waals surface area contributed by atoms with Crippen molar-refractivity contribution in [2.24, 2.45) is 11.0 Å². The van der Waals surface area contributed by atoms with E-state index < -0.39 is 0 Å². The maximum atomic E-state index is 13.4. The quantitative estimate of drug-likeness (QED) is 0.412. The van der Waals surface area contributed by atoms with Gasteiger partial charge in [0.25, 0.3) is 0 Å². The third-order valence-electron chi connectivity index (χ3n) is 6.16. The number of hydrazone groups is 1. The van der Waals surface area contributed by atoms with E-state index in [9.17, 15) is 4.79 Å². The number of urea groups is 1. The second kappa shape index (κ2) is 9.42. The van der Waals surface area contributed by atoms with Gasteiger partial charge in [0.1, 0.15) is 0 Å². The summed E-state index contributed by atoms with van der Waals surface area (Å²) in [5.74, 6) is 0.149. The summed E-state index contributed by atoms with van der Waals surface area (Å²) in [5.41, 5.74) is 5.00. The Morgan fingerprint density at radius 2 is 1.70 bits per heavy atom. The predicted molar refractivity (Wildman–Crippen MR) is 136 cm³/mol. The van der Waals surface area contributed by atoms with Crippen LogP contribution in [0, 0.1) is 5.92 Å². The van der Waals surface area contributed by atoms with E-state index in [-0.39, 0.29) is 18.0 Å². The number of amides is 2. The Balaban J connectivity index is 1.51. The average molecular weight is 476 g/mol. The summed E-state index contributed by atoms with van der Waals surface area (Å²) in [5, 5.41) is 10.3. The number of anilines is 1. The summed E-state index contributed by atoms with van der Waals surface area (Å²) >= 11 is 12.2. The van der Waals surface area contributed by atoms with Gasteiger partial charge in [0.15, 0.2) is 0 Å². The summed E-state index contributed by atoms with van der Waals surface area (Å²) in [6, 6.07) is 25.0. The van der Waals surface area contributed by atoms with Crippen molar-refractivity contribution in [1.82, 2.24) is 5.01 Å². The van der Waals surface area contributed by atoms with Gasteiger partial charge < -0.3 is 5.32 Å². The molecule has 1 heterocycles. The number of fused-ring (bicyclic) bond motifs is 1. The van der Waals surface area contributed by atoms with Crippen LogP contribution in [0.15, 0.2) is 89.5 Å². The minimum absolute atomic E-state index is 0.149. The van der Waals surface area contributed by atoms with Crippen molar-refractivity contribution in [2.45, 2.75) is 25.3 Å². The number of rotatable bonds is 3. The van der Waals surface area contributed by atoms with Gasteiger partial charge in [-0.2, -0.15) is 5.10 Å². The predicted octanol–water partition coefficient (Wildman–Crippen LogP) is 7.82. The van der Waals surface area contributed by atoms with E-state index in [1.807, 2.05) is 36.4 Å². The number of allylic oxidation sites excluding steroid dienone is 1. The van der Waals surface area contributed by atoms with Gasteiger partial charge in [-0.3, -0.25) is 0 Å². The lowest BCUT2D eigenvalue weighted by molar-refractivity contribution is 0.188. The largest absolute Gasteiger partial charge is 0.342 e. The molecule has 0 aromatic heterocycles. The highest BCUT2D eigenvalue weighted by molar-refractivity contribution is 6.42. The monoisotopic (exact) mass is 475 g/mol. The molecule has 3 aromatic carbocycles. The molecular weight excluding hydrogens is 453 g/mol. The molecule has 1 aliphatic heterocycles. The SMILES string of the molecule is O=C(Nc1ccc(Cl)c(Cl)c1)N1N=C2C(=Cc3ccccc3)CCCC2C1c1ccccc1. The van der Waals surface area contributed by atoms with Gasteiger partial charge in [-0.05, 0) is 60.2 Å². The van der Waals surface area contributed by atoms with Crippen LogP contribution in [0.2, 0.25) is 10.0 Å². The normalized spacial score (nSPS) is 21.0. The van der Waals surface area contributed by atoms with Gasteiger partial charge in [0.05, 0.1) is 21.8 Å². The fraction of sp³-hybridized carbons (Fsp3) is 0.185. The lowest BCUT2D eigenvalue weighted by Gasteiger charge is -2.29. The highest BCUT2D eigenvalue weighted by Crippen LogP contribution is 2.44. The van der Waals surface area contributed by atoms with E-state index >= 15 is 0 Å². The highest BCUT2D eigenvalue weighted by atomic mass is 35.5. The van der Waals surface area contributed by atoms with Crippen molar-refractivity contribution in [3.05, 3.63) is 106 Å². The molecular formula is C27H23Cl2N3O. The molecule has 2 atom stereocenters. The zero-order valence-electron chi connectivity index (χ0n) is 17.9. The first-order chi connectivity index (χ1) is 16.1. The van der Waals surface area contributed by atoms with Crippen molar-refractivity contribution in [3.63, 3.8) is 0 Å². The first-order valence-electron chi connectivity index (χ1n) is 11.0. The molecule has 33 heavy (non-hydrogen) atoms. The summed E-state index contributed by atoms with van der Waals surface area (Å²) in [4.78, 5) is 13.4. The van der Waals surface area contributed by atoms with Crippen LogP contribution in [0.3, 0.4) is 0 Å². The first kappa shape index (κ1) is 21.7. The first-order valence-corrected chi connectivity index (χ1v) is 11.8. The number of carbonyl (C=O) groups is 1. The van der Waals surface area contributed by atoms with Crippen molar-refractivity contribution in [3.8, 4) is 0 Å². The van der Waals surface area contributed by atoms with E-state index in [0.29, 0.717) is 15.7 Å². The summed E-state index contributed by atoms with van der Waals surface area (Å²) in [7, 11) is 0. The highest BCUT2D eigenvalue weighted by Gasteiger charge is 2.43. The molecule has 0 bridgehead atoms. The minimum Gasteiger partial charge on any atom is -0.306 e. The molecule has 2 aliphatic rings. The third kappa shape index (κ3) is 4.54. The summed E-state index contributed by atoms with van der Waals surface area (Å²) in [6.07, 6.45) is 5.20. The standard InChI is InChI=1S/C27H23Cl2N3O/c28-23-15-14-21(17-24(23)29)30-27(33)32-26(19-10-5-2-6-11-19)22-13-7-12-20(25(22)31-32)16-18-8-3-1-4-9-18/h1-6,8-11,14-17,22,26H,7,12-13H2,(H,30,33). The van der Waals surface area contributed by atoms with E-state index in [1.165, 1.54) is 5.57 Å². The smallest absolute Gasteiger partial charge is 0.306 e. The van der Waals surface area contributed by atoms with Crippen molar-refractivity contribution in [2.75, 3.05) is 5.32 Å². The number of carbonyl (C=O) groups excluding carboxylic acids is 1. The van der Waals surface area contributed by atoms with Crippen LogP contribution in [0.1, 0.15) is 36.4 Å². The third-order valence-corrected chi connectivity index (χ3v) is 6.90. The lowest BCUT2D eigenvalue weighted by Crippen LogP contribution is -2.34. The zero-order chi connectivity index (χ0) is 22.8. The molecule has 0 saturated heterocycles. The van der Waals surface area contributed by atoms with E-state index in [2.05, 4.69) is 35.7 Å². The van der Waals surface area contributed by atoms with Crippen molar-refractivity contribution in [1.29, 1.82) is 0 Å². The van der Waals surface area contributed by atoms with Gasteiger partial charge in [0.2, 0.25) is 0 Å². The molecule has 1 saturated carbocycles. The van der Waals surface area contributed by atoms with Gasteiger partial charge in [0, 0.05) is 11.6 Å². The van der Waals surface area contributed by atoms with Gasteiger partial charge >= 0.3 is 6.03 Å². The van der Waals surface area contributed by atoms with Crippen LogP contribution in [-0.2, 0) is 0 Å². The molecule has 4 nitrogen and oxygen atoms in total. The van der Waals surface area contributed by atoms with Gasteiger partial charge in [-0.15, -0.1) is 0 Å². The van der Waals surface area contributed by atoms with Crippen LogP contribution >= 0.6 is 23.2 Å². The minimum atomic E-state index is -0.289. The van der Waals surface area contributed by atoms with E-state index in [1.54, 1.807) is 23.2 Å². The molecule has 1 N–H and O–H groups in total. The van der Waals surface area contributed by atoms with E-state index in [0.717, 1.165) is 36.1 Å². The molecule has 2 amide bonds. The van der Waals surface area contributed by atoms with Crippen LogP contribution in [0.5, 0.6) is 0 Å². The second-order valence-electron chi connectivity index (χ2n) is 8.32. The molecule has 3 aromatic rings. The molecule has 6 heteroatoms. The molecule has 2 unspecified atom stereocenters. The van der Waals surface area contributed by atoms with Crippen LogP contribution in [0.4, 0.5) is 10.5 Å². The number of hydrogen-bond donors (Lipinski definition) is 1. The van der Waals surface area contributed by atoms with Crippen LogP contribution < -0.4 is 5.32 Å². The Kier molecular flexibility index (Phi) is 6.21. The molecule has 166 valence electrons. The second-order valence-corrected chi connectivity index (χ2v) is 9.14. The number of nitrogens with one attached hydrogen (secondary N) is 1. The fourth-order valence-corrected chi connectivity index (χ4v) is 4.95. The average Bonchev–Trinajstić information content (AvgIpc) is 3.24. The maximum absolute atomic E-state index is 13.4. The number of halogens is 2. The number of benzene rings is 3. The molecule has 1 aliphatic carbocycles. The Morgan fingerprint density at radius 3 is 2.42 bits per heavy atom. The Bertz CT molecular complexity index is 1220. The Labute approximate surface area is 203 Å². The number of hydrogen-bond acceptors (Lipinski definition) is 2. The van der Waals surface area contributed by atoms with E-state index in [4.69, 9.17) is 28.3 Å². The zero-order valence-corrected chi connectivity index (χ0v) is 19.4. The molecule has 0 radical (unpaired) electrons. The number of nitrogens with zero attached hydrogens (tertiary/aromatic N) is 2. The maximum Gasteiger partial charge on any atom is 0.342 e. The molecule has 5 rings (SSSR count). The van der Waals surface area contributed by atoms with Crippen molar-refractivity contribution < 1.29 is 4.79 Å². The molecule has 0 spiro atoms. The van der Waals surface area contributed by atoms with Gasteiger partial charge in [-0.1, -0.05) is 83.9 Å². The summed E-state index contributed by atoms with van der Waals surface area (Å²) in [6.45, 7) is 0. The summed E-state index contributed by atoms with van der Waals surface area (Å²) < 4.78 is 0. The lowest BCUT2D eigenvalue weighted by atomic mass is 9.77. The van der Waals surface area contributed by atoms with Crippen LogP contribution in [-0.4, -0.2) is 16.8 Å². The Morgan fingerprint density at radius 1 is 0.970 bits per heavy atom. The topological polar surface area (TPSA) is 44.7 Å². The fourth-order valence-electron chi connectivity index (χ4n) is 4.66. The Hall–Kier alpha value is -3.08.